The minimum absolute atomic E-state index is 0.0784. The largest absolute Gasteiger partial charge is 0.345 e. The maximum atomic E-state index is 12.7. The fourth-order valence-corrected chi connectivity index (χ4v) is 3.82. The molecule has 1 heterocycles. The highest BCUT2D eigenvalue weighted by Gasteiger charge is 2.42. The van der Waals surface area contributed by atoms with Crippen LogP contribution in [0.1, 0.15) is 54.0 Å². The summed E-state index contributed by atoms with van der Waals surface area (Å²) in [6, 6.07) is 19.0. The molecule has 0 saturated carbocycles. The van der Waals surface area contributed by atoms with E-state index in [0.717, 1.165) is 23.4 Å². The van der Waals surface area contributed by atoms with Crippen LogP contribution in [0.5, 0.6) is 0 Å². The number of para-hydroxylation sites is 1. The summed E-state index contributed by atoms with van der Waals surface area (Å²) in [4.78, 5) is 12.7. The number of amides is 1. The summed E-state index contributed by atoms with van der Waals surface area (Å²) >= 11 is 0. The molecule has 2 aromatic carbocycles. The van der Waals surface area contributed by atoms with E-state index in [1.165, 1.54) is 0 Å². The number of nitrogens with one attached hydrogen (secondary N) is 1. The molecular formula is C22H24N4O. The lowest BCUT2D eigenvalue weighted by atomic mass is 9.71. The Balaban J connectivity index is 1.73. The Labute approximate surface area is 159 Å². The average molecular weight is 360 g/mol. The van der Waals surface area contributed by atoms with E-state index >= 15 is 0 Å². The van der Waals surface area contributed by atoms with Gasteiger partial charge in [0.2, 0.25) is 0 Å². The molecule has 5 heteroatoms. The van der Waals surface area contributed by atoms with Crippen LogP contribution in [0.2, 0.25) is 0 Å². The van der Waals surface area contributed by atoms with Crippen molar-refractivity contribution in [2.45, 2.75) is 32.4 Å². The lowest BCUT2D eigenvalue weighted by Crippen LogP contribution is -2.42. The SMILES string of the molecule is CC1(C)CC(NC(=O)c2ccccc2)c2cnn(-c3ccccc3)c2[C@H]1N. The molecule has 4 rings (SSSR count). The van der Waals surface area contributed by atoms with Gasteiger partial charge in [0.05, 0.1) is 29.7 Å². The number of nitrogens with zero attached hydrogens (tertiary/aromatic N) is 2. The van der Waals surface area contributed by atoms with Crippen molar-refractivity contribution in [3.63, 3.8) is 0 Å². The number of benzene rings is 2. The highest BCUT2D eigenvalue weighted by Crippen LogP contribution is 2.47. The number of hydrogen-bond donors (Lipinski definition) is 2. The zero-order valence-corrected chi connectivity index (χ0v) is 15.6. The van der Waals surface area contributed by atoms with Gasteiger partial charge in [0, 0.05) is 11.1 Å². The Bertz CT molecular complexity index is 947. The number of aromatic nitrogens is 2. The predicted octanol–water partition coefficient (Wildman–Crippen LogP) is 3.77. The van der Waals surface area contributed by atoms with E-state index in [0.29, 0.717) is 5.56 Å². The van der Waals surface area contributed by atoms with E-state index in [-0.39, 0.29) is 23.4 Å². The zero-order valence-electron chi connectivity index (χ0n) is 15.6. The summed E-state index contributed by atoms with van der Waals surface area (Å²) in [5, 5.41) is 7.78. The lowest BCUT2D eigenvalue weighted by molar-refractivity contribution is 0.0910. The molecule has 1 amide bonds. The molecule has 1 aromatic heterocycles. The van der Waals surface area contributed by atoms with Gasteiger partial charge in [-0.05, 0) is 36.1 Å². The maximum absolute atomic E-state index is 12.7. The molecule has 1 aliphatic rings. The van der Waals surface area contributed by atoms with E-state index in [9.17, 15) is 4.79 Å². The third-order valence-corrected chi connectivity index (χ3v) is 5.42. The monoisotopic (exact) mass is 360 g/mol. The number of hydrogen-bond acceptors (Lipinski definition) is 3. The number of carbonyl (C=O) groups is 1. The van der Waals surface area contributed by atoms with E-state index in [1.54, 1.807) is 0 Å². The quantitative estimate of drug-likeness (QED) is 0.747. The summed E-state index contributed by atoms with van der Waals surface area (Å²) in [6.07, 6.45) is 2.60. The molecule has 3 aromatic rings. The van der Waals surface area contributed by atoms with Crippen LogP contribution < -0.4 is 11.1 Å². The van der Waals surface area contributed by atoms with Crippen LogP contribution in [0.25, 0.3) is 5.69 Å². The maximum Gasteiger partial charge on any atom is 0.251 e. The molecule has 1 aliphatic carbocycles. The molecule has 0 radical (unpaired) electrons. The molecule has 27 heavy (non-hydrogen) atoms. The van der Waals surface area contributed by atoms with E-state index in [2.05, 4.69) is 24.3 Å². The number of fused-ring (bicyclic) bond motifs is 1. The third-order valence-electron chi connectivity index (χ3n) is 5.42. The third kappa shape index (κ3) is 3.15. The van der Waals surface area contributed by atoms with Crippen LogP contribution in [-0.2, 0) is 0 Å². The van der Waals surface area contributed by atoms with Gasteiger partial charge in [-0.1, -0.05) is 50.2 Å². The highest BCUT2D eigenvalue weighted by molar-refractivity contribution is 5.94. The first-order chi connectivity index (χ1) is 13.0. The van der Waals surface area contributed by atoms with Gasteiger partial charge in [-0.3, -0.25) is 4.79 Å². The van der Waals surface area contributed by atoms with Gasteiger partial charge < -0.3 is 11.1 Å². The summed E-state index contributed by atoms with van der Waals surface area (Å²) in [6.45, 7) is 4.29. The van der Waals surface area contributed by atoms with Crippen LogP contribution >= 0.6 is 0 Å². The molecule has 1 unspecified atom stereocenters. The average Bonchev–Trinajstić information content (AvgIpc) is 3.12. The lowest BCUT2D eigenvalue weighted by Gasteiger charge is -2.40. The molecule has 0 aliphatic heterocycles. The van der Waals surface area contributed by atoms with Crippen LogP contribution in [0, 0.1) is 5.41 Å². The van der Waals surface area contributed by atoms with Crippen molar-refractivity contribution in [1.82, 2.24) is 15.1 Å². The van der Waals surface area contributed by atoms with Crippen LogP contribution in [0.4, 0.5) is 0 Å². The van der Waals surface area contributed by atoms with Gasteiger partial charge in [0.25, 0.3) is 5.91 Å². The topological polar surface area (TPSA) is 72.9 Å². The minimum Gasteiger partial charge on any atom is -0.345 e. The molecule has 0 fully saturated rings. The number of rotatable bonds is 3. The van der Waals surface area contributed by atoms with Crippen molar-refractivity contribution < 1.29 is 4.79 Å². The second-order valence-corrected chi connectivity index (χ2v) is 7.79. The second kappa shape index (κ2) is 6.67. The molecule has 138 valence electrons. The first-order valence-electron chi connectivity index (χ1n) is 9.22. The van der Waals surface area contributed by atoms with Crippen molar-refractivity contribution >= 4 is 5.91 Å². The Kier molecular flexibility index (Phi) is 4.32. The van der Waals surface area contributed by atoms with Crippen molar-refractivity contribution in [2.75, 3.05) is 0 Å². The zero-order chi connectivity index (χ0) is 19.0. The van der Waals surface area contributed by atoms with Gasteiger partial charge in [-0.2, -0.15) is 5.10 Å². The molecule has 2 atom stereocenters. The molecule has 0 spiro atoms. The molecule has 3 N–H and O–H groups in total. The summed E-state index contributed by atoms with van der Waals surface area (Å²) in [5.74, 6) is -0.0784. The molecule has 0 bridgehead atoms. The summed E-state index contributed by atoms with van der Waals surface area (Å²) in [7, 11) is 0. The van der Waals surface area contributed by atoms with Gasteiger partial charge in [0.1, 0.15) is 0 Å². The standard InChI is InChI=1S/C22H24N4O/c1-22(2)13-18(25-21(27)15-9-5-3-6-10-15)17-14-24-26(19(17)20(22)23)16-11-7-4-8-12-16/h3-12,14,18,20H,13,23H2,1-2H3,(H,25,27)/t18?,20-/m1/s1. The van der Waals surface area contributed by atoms with E-state index < -0.39 is 0 Å². The van der Waals surface area contributed by atoms with Gasteiger partial charge in [0.15, 0.2) is 0 Å². The van der Waals surface area contributed by atoms with E-state index in [1.807, 2.05) is 71.5 Å². The Hall–Kier alpha value is -2.92. The van der Waals surface area contributed by atoms with Crippen molar-refractivity contribution in [3.05, 3.63) is 83.7 Å². The second-order valence-electron chi connectivity index (χ2n) is 7.79. The fraction of sp³-hybridized carbons (Fsp3) is 0.273. The molecule has 0 saturated heterocycles. The normalized spacial score (nSPS) is 20.7. The summed E-state index contributed by atoms with van der Waals surface area (Å²) in [5.41, 5.74) is 10.1. The van der Waals surface area contributed by atoms with Gasteiger partial charge in [-0.25, -0.2) is 4.68 Å². The van der Waals surface area contributed by atoms with Crippen molar-refractivity contribution in [2.24, 2.45) is 11.1 Å². The van der Waals surface area contributed by atoms with Gasteiger partial charge in [-0.15, -0.1) is 0 Å². The minimum atomic E-state index is -0.172. The van der Waals surface area contributed by atoms with Crippen molar-refractivity contribution in [3.8, 4) is 5.69 Å². The highest BCUT2D eigenvalue weighted by atomic mass is 16.1. The van der Waals surface area contributed by atoms with Crippen LogP contribution in [0.3, 0.4) is 0 Å². The number of nitrogens with two attached hydrogens (primary N) is 1. The van der Waals surface area contributed by atoms with Crippen LogP contribution in [0.15, 0.2) is 66.9 Å². The first kappa shape index (κ1) is 17.5. The van der Waals surface area contributed by atoms with Gasteiger partial charge >= 0.3 is 0 Å². The predicted molar refractivity (Wildman–Crippen MR) is 106 cm³/mol. The fourth-order valence-electron chi connectivity index (χ4n) is 3.82. The smallest absolute Gasteiger partial charge is 0.251 e. The Morgan fingerprint density at radius 1 is 1.11 bits per heavy atom. The molecule has 5 nitrogen and oxygen atoms in total. The summed E-state index contributed by atoms with van der Waals surface area (Å²) < 4.78 is 1.91. The number of carbonyl (C=O) groups excluding carboxylic acids is 1. The molecular weight excluding hydrogens is 336 g/mol. The van der Waals surface area contributed by atoms with E-state index in [4.69, 9.17) is 5.73 Å². The van der Waals surface area contributed by atoms with Crippen LogP contribution in [-0.4, -0.2) is 15.7 Å². The first-order valence-corrected chi connectivity index (χ1v) is 9.22. The van der Waals surface area contributed by atoms with Crippen molar-refractivity contribution in [1.29, 1.82) is 0 Å². The Morgan fingerprint density at radius 3 is 2.41 bits per heavy atom. The Morgan fingerprint density at radius 2 is 1.74 bits per heavy atom.